The highest BCUT2D eigenvalue weighted by molar-refractivity contribution is 7.99. The molecule has 1 fully saturated rings. The van der Waals surface area contributed by atoms with E-state index in [2.05, 4.69) is 39.4 Å². The number of hydrogen-bond donors (Lipinski definition) is 4. The summed E-state index contributed by atoms with van der Waals surface area (Å²) in [7, 11) is 0. The van der Waals surface area contributed by atoms with E-state index in [-0.39, 0.29) is 13.0 Å². The minimum atomic E-state index is -1.17. The number of nitrogens with zero attached hydrogens (tertiary/aromatic N) is 5. The number of hydrogen-bond acceptors (Lipinski definition) is 10. The SMILES string of the molecule is CCCCNc1nc(SCCC)nc2c1nnn2[C@@H]1C[C@H](OCC(N)=O)[C@@H](O)[C@H]1O. The van der Waals surface area contributed by atoms with Gasteiger partial charge in [0.05, 0.1) is 12.1 Å². The number of carbonyl (C=O) groups excluding carboxylic acids is 1. The quantitative estimate of drug-likeness (QED) is 0.220. The van der Waals surface area contributed by atoms with Gasteiger partial charge in [-0.3, -0.25) is 4.79 Å². The van der Waals surface area contributed by atoms with Gasteiger partial charge in [0.1, 0.15) is 18.8 Å². The van der Waals surface area contributed by atoms with Gasteiger partial charge in [0.2, 0.25) is 5.91 Å². The van der Waals surface area contributed by atoms with Crippen molar-refractivity contribution in [1.82, 2.24) is 25.0 Å². The van der Waals surface area contributed by atoms with Crippen molar-refractivity contribution in [3.05, 3.63) is 0 Å². The van der Waals surface area contributed by atoms with Gasteiger partial charge in [-0.25, -0.2) is 14.6 Å². The molecule has 3 rings (SSSR count). The summed E-state index contributed by atoms with van der Waals surface area (Å²) in [6, 6.07) is -0.606. The maximum Gasteiger partial charge on any atom is 0.243 e. The number of aliphatic hydroxyl groups excluding tert-OH is 2. The lowest BCUT2D eigenvalue weighted by Gasteiger charge is -2.17. The molecule has 0 aromatic carbocycles. The highest BCUT2D eigenvalue weighted by atomic mass is 32.2. The van der Waals surface area contributed by atoms with Crippen LogP contribution < -0.4 is 11.1 Å². The summed E-state index contributed by atoms with van der Waals surface area (Å²) in [5.41, 5.74) is 6.11. The van der Waals surface area contributed by atoms with Crippen LogP contribution in [0.3, 0.4) is 0 Å². The molecule has 1 amide bonds. The predicted molar refractivity (Wildman–Crippen MR) is 112 cm³/mol. The fourth-order valence-corrected chi connectivity index (χ4v) is 4.06. The smallest absolute Gasteiger partial charge is 0.243 e. The second-order valence-corrected chi connectivity index (χ2v) is 8.35. The van der Waals surface area contributed by atoms with Gasteiger partial charge >= 0.3 is 0 Å². The van der Waals surface area contributed by atoms with E-state index in [1.165, 1.54) is 16.4 Å². The summed E-state index contributed by atoms with van der Waals surface area (Å²) in [6.07, 6.45) is 0.198. The summed E-state index contributed by atoms with van der Waals surface area (Å²) in [6.45, 7) is 4.62. The number of fused-ring (bicyclic) bond motifs is 1. The lowest BCUT2D eigenvalue weighted by molar-refractivity contribution is -0.127. The first-order valence-corrected chi connectivity index (χ1v) is 11.2. The molecule has 12 heteroatoms. The topological polar surface area (TPSA) is 161 Å². The molecule has 0 saturated heterocycles. The normalized spacial score (nSPS) is 23.9. The van der Waals surface area contributed by atoms with Crippen LogP contribution in [0.2, 0.25) is 0 Å². The molecule has 166 valence electrons. The van der Waals surface area contributed by atoms with E-state index in [0.29, 0.717) is 22.1 Å². The molecule has 2 aromatic heterocycles. The van der Waals surface area contributed by atoms with Crippen LogP contribution >= 0.6 is 11.8 Å². The van der Waals surface area contributed by atoms with Gasteiger partial charge in [0, 0.05) is 18.7 Å². The Balaban J connectivity index is 1.91. The van der Waals surface area contributed by atoms with Crippen LogP contribution in [-0.2, 0) is 9.53 Å². The Labute approximate surface area is 178 Å². The maximum absolute atomic E-state index is 11.0. The van der Waals surface area contributed by atoms with Crippen LogP contribution in [0.1, 0.15) is 45.6 Å². The van der Waals surface area contributed by atoms with E-state index in [1.807, 2.05) is 0 Å². The first-order chi connectivity index (χ1) is 14.5. The van der Waals surface area contributed by atoms with Gasteiger partial charge in [0.15, 0.2) is 22.1 Å². The average Bonchev–Trinajstić information content (AvgIpc) is 3.26. The zero-order valence-electron chi connectivity index (χ0n) is 17.2. The Bertz CT molecular complexity index is 864. The largest absolute Gasteiger partial charge is 0.388 e. The third-order valence-electron chi connectivity index (χ3n) is 4.91. The summed E-state index contributed by atoms with van der Waals surface area (Å²) < 4.78 is 6.87. The van der Waals surface area contributed by atoms with Crippen LogP contribution in [0.4, 0.5) is 5.82 Å². The molecule has 0 bridgehead atoms. The van der Waals surface area contributed by atoms with Crippen LogP contribution in [0.15, 0.2) is 5.16 Å². The van der Waals surface area contributed by atoms with E-state index in [0.717, 1.165) is 31.6 Å². The third kappa shape index (κ3) is 4.99. The second kappa shape index (κ2) is 10.3. The van der Waals surface area contributed by atoms with Crippen molar-refractivity contribution < 1.29 is 19.7 Å². The first-order valence-electron chi connectivity index (χ1n) is 10.2. The molecule has 1 aliphatic rings. The Kier molecular flexibility index (Phi) is 7.81. The number of nitrogens with one attached hydrogen (secondary N) is 1. The van der Waals surface area contributed by atoms with Crippen molar-refractivity contribution in [3.8, 4) is 0 Å². The fourth-order valence-electron chi connectivity index (χ4n) is 3.36. The second-order valence-electron chi connectivity index (χ2n) is 7.29. The monoisotopic (exact) mass is 439 g/mol. The van der Waals surface area contributed by atoms with E-state index in [4.69, 9.17) is 10.5 Å². The van der Waals surface area contributed by atoms with Crippen LogP contribution in [0.5, 0.6) is 0 Å². The highest BCUT2D eigenvalue weighted by Gasteiger charge is 2.44. The zero-order valence-corrected chi connectivity index (χ0v) is 18.0. The molecule has 0 aliphatic heterocycles. The number of rotatable bonds is 11. The minimum absolute atomic E-state index is 0.244. The van der Waals surface area contributed by atoms with E-state index < -0.39 is 30.3 Å². The van der Waals surface area contributed by atoms with Crippen molar-refractivity contribution >= 4 is 34.7 Å². The summed E-state index contributed by atoms with van der Waals surface area (Å²) >= 11 is 1.54. The number of anilines is 1. The maximum atomic E-state index is 11.0. The Morgan fingerprint density at radius 1 is 1.30 bits per heavy atom. The van der Waals surface area contributed by atoms with E-state index >= 15 is 0 Å². The summed E-state index contributed by atoms with van der Waals surface area (Å²) in [5.74, 6) is 0.835. The third-order valence-corrected chi connectivity index (χ3v) is 5.97. The number of unbranched alkanes of at least 4 members (excludes halogenated alkanes) is 1. The van der Waals surface area contributed by atoms with Gasteiger partial charge in [-0.2, -0.15) is 0 Å². The highest BCUT2D eigenvalue weighted by Crippen LogP contribution is 2.35. The predicted octanol–water partition coefficient (Wildman–Crippen LogP) is 0.473. The Morgan fingerprint density at radius 2 is 2.10 bits per heavy atom. The van der Waals surface area contributed by atoms with Gasteiger partial charge in [0.25, 0.3) is 0 Å². The van der Waals surface area contributed by atoms with Crippen molar-refractivity contribution in [2.75, 3.05) is 24.2 Å². The zero-order chi connectivity index (χ0) is 21.7. The number of primary amides is 1. The number of carbonyl (C=O) groups is 1. The molecule has 2 aromatic rings. The number of ether oxygens (including phenoxy) is 1. The number of nitrogens with two attached hydrogens (primary N) is 1. The van der Waals surface area contributed by atoms with Gasteiger partial charge < -0.3 is 26.0 Å². The lowest BCUT2D eigenvalue weighted by atomic mass is 10.2. The van der Waals surface area contributed by atoms with Gasteiger partial charge in [-0.1, -0.05) is 37.2 Å². The Hall–Kier alpha value is -2.02. The molecular formula is C18H29N7O4S. The molecule has 1 saturated carbocycles. The van der Waals surface area contributed by atoms with Crippen molar-refractivity contribution in [2.45, 2.75) is 69.0 Å². The number of aromatic nitrogens is 5. The van der Waals surface area contributed by atoms with Crippen molar-refractivity contribution in [2.24, 2.45) is 5.73 Å². The molecule has 11 nitrogen and oxygen atoms in total. The molecule has 30 heavy (non-hydrogen) atoms. The summed E-state index contributed by atoms with van der Waals surface area (Å²) in [4.78, 5) is 20.2. The van der Waals surface area contributed by atoms with E-state index in [1.54, 1.807) is 0 Å². The van der Waals surface area contributed by atoms with Crippen LogP contribution in [0, 0.1) is 0 Å². The van der Waals surface area contributed by atoms with Crippen molar-refractivity contribution in [3.63, 3.8) is 0 Å². The van der Waals surface area contributed by atoms with Crippen LogP contribution in [0.25, 0.3) is 11.2 Å². The number of thioether (sulfide) groups is 1. The fraction of sp³-hybridized carbons (Fsp3) is 0.722. The van der Waals surface area contributed by atoms with E-state index in [9.17, 15) is 15.0 Å². The lowest BCUT2D eigenvalue weighted by Crippen LogP contribution is -2.34. The molecule has 0 unspecified atom stereocenters. The van der Waals surface area contributed by atoms with Gasteiger partial charge in [-0.05, 0) is 12.8 Å². The van der Waals surface area contributed by atoms with Gasteiger partial charge in [-0.15, -0.1) is 5.10 Å². The molecule has 0 spiro atoms. The molecule has 5 N–H and O–H groups in total. The number of aliphatic hydroxyl groups is 2. The minimum Gasteiger partial charge on any atom is -0.388 e. The van der Waals surface area contributed by atoms with Crippen molar-refractivity contribution in [1.29, 1.82) is 0 Å². The molecule has 2 heterocycles. The molecule has 0 radical (unpaired) electrons. The average molecular weight is 440 g/mol. The standard InChI is InChI=1S/C18H29N7O4S/c1-3-5-6-20-16-13-17(22-18(21-16)30-7-4-2)25(24-23-13)10-8-11(15(28)14(10)27)29-9-12(19)26/h10-11,14-15,27-28H,3-9H2,1-2H3,(H2,19,26)(H,20,21,22)/t10-,11+,14+,15-/m1/s1. The number of amides is 1. The first kappa shape index (κ1) is 22.7. The molecular weight excluding hydrogens is 410 g/mol. The Morgan fingerprint density at radius 3 is 2.80 bits per heavy atom. The molecule has 4 atom stereocenters. The van der Waals surface area contributed by atoms with Crippen LogP contribution in [-0.4, -0.2) is 78.3 Å². The summed E-state index contributed by atoms with van der Waals surface area (Å²) in [5, 5.41) is 33.3. The molecule has 1 aliphatic carbocycles.